The Morgan fingerprint density at radius 3 is 3.06 bits per heavy atom. The Kier molecular flexibility index (Phi) is 3.44. The zero-order valence-corrected chi connectivity index (χ0v) is 10.2. The van der Waals surface area contributed by atoms with Gasteiger partial charge in [-0.05, 0) is 30.9 Å². The standard InChI is InChI=1S/C13H21N3/c1-10(2)12-6-4-8-16(12)13-5-3-7-15-11(13)9-14/h3,5,7,10,12H,4,6,8-9,14H2,1-2H3. The van der Waals surface area contributed by atoms with Crippen LogP contribution in [0.3, 0.4) is 0 Å². The summed E-state index contributed by atoms with van der Waals surface area (Å²) in [6.07, 6.45) is 4.39. The van der Waals surface area contributed by atoms with E-state index in [1.165, 1.54) is 18.5 Å². The number of nitrogens with two attached hydrogens (primary N) is 1. The van der Waals surface area contributed by atoms with Crippen molar-refractivity contribution in [2.75, 3.05) is 11.4 Å². The van der Waals surface area contributed by atoms with Crippen molar-refractivity contribution < 1.29 is 0 Å². The average molecular weight is 219 g/mol. The average Bonchev–Trinajstić information content (AvgIpc) is 2.77. The van der Waals surface area contributed by atoms with E-state index in [2.05, 4.69) is 29.8 Å². The molecule has 88 valence electrons. The molecule has 3 heteroatoms. The summed E-state index contributed by atoms with van der Waals surface area (Å²) in [7, 11) is 0. The first kappa shape index (κ1) is 11.4. The van der Waals surface area contributed by atoms with E-state index in [1.807, 2.05) is 12.3 Å². The summed E-state index contributed by atoms with van der Waals surface area (Å²) in [5, 5.41) is 0. The molecule has 0 bridgehead atoms. The third-order valence-corrected chi connectivity index (χ3v) is 3.44. The summed E-state index contributed by atoms with van der Waals surface area (Å²) in [4.78, 5) is 6.85. The number of anilines is 1. The maximum absolute atomic E-state index is 5.75. The van der Waals surface area contributed by atoms with Gasteiger partial charge in [-0.1, -0.05) is 13.8 Å². The molecule has 2 N–H and O–H groups in total. The first-order chi connectivity index (χ1) is 7.74. The highest BCUT2D eigenvalue weighted by atomic mass is 15.2. The van der Waals surface area contributed by atoms with Gasteiger partial charge < -0.3 is 10.6 Å². The second-order valence-electron chi connectivity index (χ2n) is 4.82. The van der Waals surface area contributed by atoms with Gasteiger partial charge in [0.05, 0.1) is 11.4 Å². The van der Waals surface area contributed by atoms with E-state index in [9.17, 15) is 0 Å². The Balaban J connectivity index is 2.28. The van der Waals surface area contributed by atoms with Crippen LogP contribution < -0.4 is 10.6 Å². The molecule has 1 aliphatic rings. The van der Waals surface area contributed by atoms with Gasteiger partial charge >= 0.3 is 0 Å². The van der Waals surface area contributed by atoms with E-state index >= 15 is 0 Å². The molecule has 0 aromatic carbocycles. The summed E-state index contributed by atoms with van der Waals surface area (Å²) >= 11 is 0. The Morgan fingerprint density at radius 1 is 1.56 bits per heavy atom. The van der Waals surface area contributed by atoms with Crippen LogP contribution in [-0.4, -0.2) is 17.6 Å². The molecule has 0 aliphatic carbocycles. The first-order valence-corrected chi connectivity index (χ1v) is 6.14. The normalized spacial score (nSPS) is 20.8. The van der Waals surface area contributed by atoms with Crippen LogP contribution in [0.25, 0.3) is 0 Å². The molecule has 16 heavy (non-hydrogen) atoms. The highest BCUT2D eigenvalue weighted by molar-refractivity contribution is 5.52. The van der Waals surface area contributed by atoms with Crippen LogP contribution in [-0.2, 0) is 6.54 Å². The largest absolute Gasteiger partial charge is 0.367 e. The predicted octanol–water partition coefficient (Wildman–Crippen LogP) is 2.17. The maximum atomic E-state index is 5.75. The Labute approximate surface area is 97.7 Å². The minimum atomic E-state index is 0.525. The number of nitrogens with zero attached hydrogens (tertiary/aromatic N) is 2. The van der Waals surface area contributed by atoms with Crippen LogP contribution in [0.2, 0.25) is 0 Å². The molecular formula is C13H21N3. The maximum Gasteiger partial charge on any atom is 0.0772 e. The van der Waals surface area contributed by atoms with Crippen molar-refractivity contribution in [2.45, 2.75) is 39.3 Å². The van der Waals surface area contributed by atoms with Gasteiger partial charge in [-0.15, -0.1) is 0 Å². The quantitative estimate of drug-likeness (QED) is 0.847. The number of rotatable bonds is 3. The predicted molar refractivity (Wildman–Crippen MR) is 67.3 cm³/mol. The molecule has 1 saturated heterocycles. The van der Waals surface area contributed by atoms with Gasteiger partial charge in [0.25, 0.3) is 0 Å². The van der Waals surface area contributed by atoms with Crippen LogP contribution in [0, 0.1) is 5.92 Å². The second-order valence-corrected chi connectivity index (χ2v) is 4.82. The fourth-order valence-corrected chi connectivity index (χ4v) is 2.63. The lowest BCUT2D eigenvalue weighted by molar-refractivity contribution is 0.491. The van der Waals surface area contributed by atoms with E-state index in [4.69, 9.17) is 5.73 Å². The smallest absolute Gasteiger partial charge is 0.0772 e. The molecule has 0 amide bonds. The van der Waals surface area contributed by atoms with E-state index in [1.54, 1.807) is 0 Å². The summed E-state index contributed by atoms with van der Waals surface area (Å²) in [5.41, 5.74) is 8.01. The zero-order chi connectivity index (χ0) is 11.5. The zero-order valence-electron chi connectivity index (χ0n) is 10.2. The first-order valence-electron chi connectivity index (χ1n) is 6.14. The minimum Gasteiger partial charge on any atom is -0.367 e. The van der Waals surface area contributed by atoms with Crippen LogP contribution in [0.5, 0.6) is 0 Å². The molecule has 0 saturated carbocycles. The van der Waals surface area contributed by atoms with Gasteiger partial charge in [0.1, 0.15) is 0 Å². The van der Waals surface area contributed by atoms with Gasteiger partial charge in [0.15, 0.2) is 0 Å². The van der Waals surface area contributed by atoms with Crippen molar-refractivity contribution in [1.82, 2.24) is 4.98 Å². The molecule has 1 aromatic rings. The summed E-state index contributed by atoms with van der Waals surface area (Å²) < 4.78 is 0. The Bertz CT molecular complexity index is 349. The Hall–Kier alpha value is -1.09. The van der Waals surface area contributed by atoms with Crippen molar-refractivity contribution in [2.24, 2.45) is 11.7 Å². The lowest BCUT2D eigenvalue weighted by Crippen LogP contribution is -2.34. The molecule has 2 rings (SSSR count). The summed E-state index contributed by atoms with van der Waals surface area (Å²) in [5.74, 6) is 0.688. The molecule has 0 spiro atoms. The minimum absolute atomic E-state index is 0.525. The van der Waals surface area contributed by atoms with Crippen LogP contribution >= 0.6 is 0 Å². The molecule has 1 unspecified atom stereocenters. The summed E-state index contributed by atoms with van der Waals surface area (Å²) in [6, 6.07) is 4.80. The van der Waals surface area contributed by atoms with E-state index in [-0.39, 0.29) is 0 Å². The van der Waals surface area contributed by atoms with Crippen molar-refractivity contribution in [1.29, 1.82) is 0 Å². The summed E-state index contributed by atoms with van der Waals surface area (Å²) in [6.45, 7) is 6.25. The Morgan fingerprint density at radius 2 is 2.38 bits per heavy atom. The van der Waals surface area contributed by atoms with E-state index in [0.29, 0.717) is 18.5 Å². The molecule has 1 aliphatic heterocycles. The van der Waals surface area contributed by atoms with Gasteiger partial charge in [-0.2, -0.15) is 0 Å². The van der Waals surface area contributed by atoms with Crippen LogP contribution in [0.15, 0.2) is 18.3 Å². The lowest BCUT2D eigenvalue weighted by Gasteiger charge is -2.30. The lowest BCUT2D eigenvalue weighted by atomic mass is 10.0. The molecule has 1 atom stereocenters. The van der Waals surface area contributed by atoms with Crippen molar-refractivity contribution in [3.8, 4) is 0 Å². The SMILES string of the molecule is CC(C)C1CCCN1c1cccnc1CN. The fraction of sp³-hybridized carbons (Fsp3) is 0.615. The third-order valence-electron chi connectivity index (χ3n) is 3.44. The molecule has 3 nitrogen and oxygen atoms in total. The van der Waals surface area contributed by atoms with Gasteiger partial charge in [-0.3, -0.25) is 4.98 Å². The van der Waals surface area contributed by atoms with E-state index in [0.717, 1.165) is 12.2 Å². The highest BCUT2D eigenvalue weighted by Gasteiger charge is 2.28. The van der Waals surface area contributed by atoms with Crippen LogP contribution in [0.1, 0.15) is 32.4 Å². The number of aromatic nitrogens is 1. The molecule has 1 fully saturated rings. The van der Waals surface area contributed by atoms with Gasteiger partial charge in [-0.25, -0.2) is 0 Å². The van der Waals surface area contributed by atoms with Gasteiger partial charge in [0.2, 0.25) is 0 Å². The van der Waals surface area contributed by atoms with Crippen molar-refractivity contribution >= 4 is 5.69 Å². The third kappa shape index (κ3) is 2.05. The van der Waals surface area contributed by atoms with Crippen molar-refractivity contribution in [3.63, 3.8) is 0 Å². The number of pyridine rings is 1. The monoisotopic (exact) mass is 219 g/mol. The fourth-order valence-electron chi connectivity index (χ4n) is 2.63. The van der Waals surface area contributed by atoms with Gasteiger partial charge in [0, 0.05) is 25.3 Å². The van der Waals surface area contributed by atoms with Crippen molar-refractivity contribution in [3.05, 3.63) is 24.0 Å². The second kappa shape index (κ2) is 4.83. The molecule has 0 radical (unpaired) electrons. The number of hydrogen-bond donors (Lipinski definition) is 1. The number of hydrogen-bond acceptors (Lipinski definition) is 3. The molecular weight excluding hydrogens is 198 g/mol. The van der Waals surface area contributed by atoms with E-state index < -0.39 is 0 Å². The van der Waals surface area contributed by atoms with Crippen LogP contribution in [0.4, 0.5) is 5.69 Å². The topological polar surface area (TPSA) is 42.2 Å². The molecule has 2 heterocycles. The molecule has 1 aromatic heterocycles. The highest BCUT2D eigenvalue weighted by Crippen LogP contribution is 2.30.